The van der Waals surface area contributed by atoms with Crippen molar-refractivity contribution in [3.8, 4) is 56.4 Å². The first-order chi connectivity index (χ1) is 29.4. The second kappa shape index (κ2) is 14.0. The minimum atomic E-state index is -0.364. The third kappa shape index (κ3) is 5.89. The molecule has 0 atom stereocenters. The number of para-hydroxylation sites is 3. The summed E-state index contributed by atoms with van der Waals surface area (Å²) in [6.45, 7) is 6.51. The van der Waals surface area contributed by atoms with Gasteiger partial charge in [-0.15, -0.1) is 0 Å². The largest absolute Gasteiger partial charge is 0.308 e. The van der Waals surface area contributed by atoms with E-state index >= 15 is 0 Å². The van der Waals surface area contributed by atoms with Gasteiger partial charge in [0, 0.05) is 38.1 Å². The normalized spacial score (nSPS) is 11.9. The first-order valence-electron chi connectivity index (χ1n) is 20.5. The van der Waals surface area contributed by atoms with Gasteiger partial charge in [-0.25, -0.2) is 4.98 Å². The van der Waals surface area contributed by atoms with E-state index in [0.29, 0.717) is 11.8 Å². The molecule has 3 aromatic heterocycles. The minimum Gasteiger partial charge on any atom is -0.308 e. The maximum atomic E-state index is 5.46. The van der Waals surface area contributed by atoms with Crippen LogP contribution in [0.3, 0.4) is 0 Å². The molecule has 0 unspecified atom stereocenters. The Hall–Kier alpha value is -7.63. The summed E-state index contributed by atoms with van der Waals surface area (Å²) in [7, 11) is 0. The fourth-order valence-electron chi connectivity index (χ4n) is 8.76. The van der Waals surface area contributed by atoms with Crippen LogP contribution in [0.1, 0.15) is 26.6 Å². The smallest absolute Gasteiger partial charge is 0.238 e. The highest BCUT2D eigenvalue weighted by molar-refractivity contribution is 6.13. The number of benzene rings is 8. The third-order valence-corrected chi connectivity index (χ3v) is 11.6. The molecule has 5 heteroatoms. The lowest BCUT2D eigenvalue weighted by molar-refractivity contribution is 0.540. The Morgan fingerprint density at radius 1 is 0.350 bits per heavy atom. The highest BCUT2D eigenvalue weighted by atomic mass is 15.2. The van der Waals surface area contributed by atoms with E-state index in [0.717, 1.165) is 61.0 Å². The van der Waals surface area contributed by atoms with Gasteiger partial charge in [-0.3, -0.25) is 4.57 Å². The van der Waals surface area contributed by atoms with Crippen molar-refractivity contribution in [3.63, 3.8) is 0 Å². The van der Waals surface area contributed by atoms with Gasteiger partial charge < -0.3 is 4.57 Å². The van der Waals surface area contributed by atoms with Crippen molar-refractivity contribution in [1.82, 2.24) is 24.1 Å². The molecule has 0 aliphatic heterocycles. The Morgan fingerprint density at radius 3 is 1.35 bits per heavy atom. The van der Waals surface area contributed by atoms with Crippen LogP contribution in [0.25, 0.3) is 100 Å². The second-order valence-electron chi connectivity index (χ2n) is 16.5. The molecule has 0 aliphatic rings. The highest BCUT2D eigenvalue weighted by Crippen LogP contribution is 2.43. The molecule has 11 rings (SSSR count). The number of rotatable bonds is 6. The van der Waals surface area contributed by atoms with E-state index in [1.165, 1.54) is 33.0 Å². The molecule has 8 aromatic carbocycles. The van der Waals surface area contributed by atoms with Gasteiger partial charge in [-0.2, -0.15) is 9.97 Å². The molecule has 0 saturated heterocycles. The molecule has 11 aromatic rings. The Kier molecular flexibility index (Phi) is 8.31. The monoisotopic (exact) mass is 771 g/mol. The third-order valence-electron chi connectivity index (χ3n) is 11.6. The molecule has 0 radical (unpaired) electrons. The van der Waals surface area contributed by atoms with E-state index in [1.807, 2.05) is 0 Å². The van der Waals surface area contributed by atoms with Crippen LogP contribution in [0.5, 0.6) is 0 Å². The summed E-state index contributed by atoms with van der Waals surface area (Å²) in [5, 5.41) is 4.67. The lowest BCUT2D eigenvalue weighted by atomic mass is 9.95. The predicted octanol–water partition coefficient (Wildman–Crippen LogP) is 14.0. The molecular weight excluding hydrogens is 731 g/mol. The second-order valence-corrected chi connectivity index (χ2v) is 16.5. The van der Waals surface area contributed by atoms with Gasteiger partial charge in [0.2, 0.25) is 5.95 Å². The van der Waals surface area contributed by atoms with Crippen LogP contribution in [0.15, 0.2) is 194 Å². The molecule has 0 fully saturated rings. The van der Waals surface area contributed by atoms with Gasteiger partial charge in [0.05, 0.1) is 27.8 Å². The number of hydrogen-bond acceptors (Lipinski definition) is 3. The van der Waals surface area contributed by atoms with Crippen LogP contribution in [-0.2, 0) is 5.41 Å². The van der Waals surface area contributed by atoms with Crippen molar-refractivity contribution >= 4 is 43.6 Å². The lowest BCUT2D eigenvalue weighted by Gasteiger charge is -2.21. The van der Waals surface area contributed by atoms with E-state index in [9.17, 15) is 0 Å². The molecule has 60 heavy (non-hydrogen) atoms. The molecule has 0 amide bonds. The first kappa shape index (κ1) is 35.5. The fourth-order valence-corrected chi connectivity index (χ4v) is 8.76. The minimum absolute atomic E-state index is 0.364. The van der Waals surface area contributed by atoms with Gasteiger partial charge in [-0.1, -0.05) is 172 Å². The van der Waals surface area contributed by atoms with Gasteiger partial charge in [-0.05, 0) is 70.3 Å². The maximum Gasteiger partial charge on any atom is 0.238 e. The van der Waals surface area contributed by atoms with Crippen LogP contribution >= 0.6 is 0 Å². The van der Waals surface area contributed by atoms with E-state index < -0.39 is 0 Å². The van der Waals surface area contributed by atoms with Gasteiger partial charge in [0.1, 0.15) is 5.82 Å². The Bertz CT molecular complexity index is 3240. The lowest BCUT2D eigenvalue weighted by Crippen LogP contribution is -2.19. The van der Waals surface area contributed by atoms with Crippen LogP contribution in [0.4, 0.5) is 0 Å². The summed E-state index contributed by atoms with van der Waals surface area (Å²) in [4.78, 5) is 16.1. The van der Waals surface area contributed by atoms with E-state index in [2.05, 4.69) is 224 Å². The quantitative estimate of drug-likeness (QED) is 0.169. The van der Waals surface area contributed by atoms with Crippen molar-refractivity contribution in [3.05, 3.63) is 200 Å². The molecule has 0 bridgehead atoms. The zero-order chi connectivity index (χ0) is 40.4. The standard InChI is InChI=1S/C55H41N5/c1-55(2,3)53-56-52(57-54(58-53)60-47-28-15-13-24-42(47)43-25-14-16-29-48(43)60)44-27-17-26-41(38-22-11-6-12-23-38)51(44)59-49-32-30-39(36-18-7-4-8-19-36)34-45(49)46-35-40(31-33-50(46)59)37-20-9-5-10-21-37/h4-35H,1-3H3. The summed E-state index contributed by atoms with van der Waals surface area (Å²) in [5.74, 6) is 1.94. The Balaban J connectivity index is 1.25. The summed E-state index contributed by atoms with van der Waals surface area (Å²) >= 11 is 0. The predicted molar refractivity (Wildman–Crippen MR) is 249 cm³/mol. The SMILES string of the molecule is CC(C)(C)c1nc(-c2cccc(-c3ccccc3)c2-n2c3ccc(-c4ccccc4)cc3c3cc(-c4ccccc4)ccc32)nc(-n2c3ccccc3c3ccccc32)n1. The molecular formula is C55H41N5. The summed E-state index contributed by atoms with van der Waals surface area (Å²) in [6.07, 6.45) is 0. The Morgan fingerprint density at radius 2 is 0.817 bits per heavy atom. The van der Waals surface area contributed by atoms with Crippen LogP contribution < -0.4 is 0 Å². The molecule has 286 valence electrons. The maximum absolute atomic E-state index is 5.46. The molecule has 0 aliphatic carbocycles. The topological polar surface area (TPSA) is 48.5 Å². The Labute approximate surface area is 348 Å². The molecule has 3 heterocycles. The molecule has 5 nitrogen and oxygen atoms in total. The van der Waals surface area contributed by atoms with Crippen molar-refractivity contribution in [2.75, 3.05) is 0 Å². The summed E-state index contributed by atoms with van der Waals surface area (Å²) in [5.41, 5.74) is 12.8. The van der Waals surface area contributed by atoms with Gasteiger partial charge >= 0.3 is 0 Å². The number of aromatic nitrogens is 5. The number of hydrogen-bond donors (Lipinski definition) is 0. The average molecular weight is 772 g/mol. The first-order valence-corrected chi connectivity index (χ1v) is 20.5. The molecule has 0 spiro atoms. The number of nitrogens with zero attached hydrogens (tertiary/aromatic N) is 5. The van der Waals surface area contributed by atoms with Crippen molar-refractivity contribution in [2.45, 2.75) is 26.2 Å². The van der Waals surface area contributed by atoms with Crippen molar-refractivity contribution < 1.29 is 0 Å². The van der Waals surface area contributed by atoms with E-state index in [4.69, 9.17) is 15.0 Å². The molecule has 0 N–H and O–H groups in total. The van der Waals surface area contributed by atoms with Gasteiger partial charge in [0.15, 0.2) is 5.82 Å². The van der Waals surface area contributed by atoms with Gasteiger partial charge in [0.25, 0.3) is 0 Å². The zero-order valence-corrected chi connectivity index (χ0v) is 33.7. The highest BCUT2D eigenvalue weighted by Gasteiger charge is 2.26. The summed E-state index contributed by atoms with van der Waals surface area (Å²) < 4.78 is 4.63. The van der Waals surface area contributed by atoms with Crippen LogP contribution in [0.2, 0.25) is 0 Å². The fraction of sp³-hybridized carbons (Fsp3) is 0.0727. The van der Waals surface area contributed by atoms with Crippen LogP contribution in [-0.4, -0.2) is 24.1 Å². The molecule has 0 saturated carbocycles. The van der Waals surface area contributed by atoms with Crippen molar-refractivity contribution in [1.29, 1.82) is 0 Å². The van der Waals surface area contributed by atoms with E-state index in [1.54, 1.807) is 0 Å². The van der Waals surface area contributed by atoms with Crippen molar-refractivity contribution in [2.24, 2.45) is 0 Å². The zero-order valence-electron chi connectivity index (χ0n) is 33.7. The van der Waals surface area contributed by atoms with E-state index in [-0.39, 0.29) is 5.41 Å². The number of fused-ring (bicyclic) bond motifs is 6. The summed E-state index contributed by atoms with van der Waals surface area (Å²) in [6, 6.07) is 69.3. The average Bonchev–Trinajstić information content (AvgIpc) is 3.81. The van der Waals surface area contributed by atoms with Crippen LogP contribution in [0, 0.1) is 0 Å².